The number of thiophene rings is 1. The molecule has 1 amide bonds. The maximum absolute atomic E-state index is 12.9. The smallest absolute Gasteiger partial charge is 0.224 e. The van der Waals surface area contributed by atoms with E-state index in [-0.39, 0.29) is 5.91 Å². The van der Waals surface area contributed by atoms with Gasteiger partial charge < -0.3 is 9.80 Å². The topological polar surface area (TPSA) is 49.3 Å². The van der Waals surface area contributed by atoms with Crippen LogP contribution in [0.4, 0.5) is 5.82 Å². The lowest BCUT2D eigenvalue weighted by molar-refractivity contribution is -0.132. The van der Waals surface area contributed by atoms with Crippen molar-refractivity contribution in [3.63, 3.8) is 0 Å². The Bertz CT molecular complexity index is 958. The molecule has 1 aromatic carbocycles. The highest BCUT2D eigenvalue weighted by Gasteiger charge is 2.18. The van der Waals surface area contributed by atoms with Crippen molar-refractivity contribution < 1.29 is 4.79 Å². The first-order valence-electron chi connectivity index (χ1n) is 10.6. The molecule has 5 nitrogen and oxygen atoms in total. The normalized spacial score (nSPS) is 11.4. The molecule has 0 fully saturated rings. The van der Waals surface area contributed by atoms with Crippen molar-refractivity contribution in [2.45, 2.75) is 34.1 Å². The highest BCUT2D eigenvalue weighted by atomic mass is 32.1. The average molecular weight is 425 g/mol. The van der Waals surface area contributed by atoms with Gasteiger partial charge in [0, 0.05) is 38.0 Å². The van der Waals surface area contributed by atoms with Crippen LogP contribution in [-0.2, 0) is 4.79 Å². The van der Waals surface area contributed by atoms with Crippen molar-refractivity contribution in [2.24, 2.45) is 11.8 Å². The molecule has 0 aliphatic heterocycles. The largest absolute Gasteiger partial charge is 0.359 e. The van der Waals surface area contributed by atoms with E-state index in [0.29, 0.717) is 24.8 Å². The van der Waals surface area contributed by atoms with Crippen molar-refractivity contribution in [2.75, 3.05) is 31.6 Å². The number of carbonyl (C=O) groups excluding carboxylic acids is 1. The minimum Gasteiger partial charge on any atom is -0.359 e. The van der Waals surface area contributed by atoms with Gasteiger partial charge in [0.25, 0.3) is 0 Å². The van der Waals surface area contributed by atoms with Gasteiger partial charge in [0.05, 0.1) is 5.39 Å². The fraction of sp³-hybridized carbons (Fsp3) is 0.458. The van der Waals surface area contributed by atoms with E-state index >= 15 is 0 Å². The predicted molar refractivity (Wildman–Crippen MR) is 127 cm³/mol. The summed E-state index contributed by atoms with van der Waals surface area (Å²) >= 11 is 1.67. The van der Waals surface area contributed by atoms with Gasteiger partial charge in [-0.25, -0.2) is 9.97 Å². The van der Waals surface area contributed by atoms with E-state index in [4.69, 9.17) is 0 Å². The Balaban J connectivity index is 1.74. The Labute approximate surface area is 183 Å². The SMILES string of the molecule is CC(C)CN(CC(C)C)C(=O)CCN(C)c1ncnc2sc(-c3ccccc3)cc12. The molecule has 0 saturated carbocycles. The zero-order valence-electron chi connectivity index (χ0n) is 18.6. The molecule has 0 radical (unpaired) electrons. The summed E-state index contributed by atoms with van der Waals surface area (Å²) < 4.78 is 0. The van der Waals surface area contributed by atoms with E-state index in [1.54, 1.807) is 17.7 Å². The molecule has 0 aliphatic carbocycles. The van der Waals surface area contributed by atoms with Gasteiger partial charge in [0.2, 0.25) is 5.91 Å². The highest BCUT2D eigenvalue weighted by molar-refractivity contribution is 7.21. The zero-order chi connectivity index (χ0) is 21.7. The van der Waals surface area contributed by atoms with Gasteiger partial charge in [-0.3, -0.25) is 4.79 Å². The van der Waals surface area contributed by atoms with Gasteiger partial charge >= 0.3 is 0 Å². The molecule has 0 atom stereocenters. The standard InChI is InChI=1S/C24H32N4OS/c1-17(2)14-28(15-18(3)4)22(29)11-12-27(5)23-20-13-21(19-9-7-6-8-10-19)30-24(20)26-16-25-23/h6-10,13,16-18H,11-12,14-15H2,1-5H3. The van der Waals surface area contributed by atoms with Crippen LogP contribution in [0.15, 0.2) is 42.7 Å². The molecular formula is C24H32N4OS. The number of benzene rings is 1. The summed E-state index contributed by atoms with van der Waals surface area (Å²) in [6.45, 7) is 10.9. The summed E-state index contributed by atoms with van der Waals surface area (Å²) in [5.74, 6) is 2.03. The summed E-state index contributed by atoms with van der Waals surface area (Å²) in [6.07, 6.45) is 2.10. The molecule has 0 saturated heterocycles. The Kier molecular flexibility index (Phi) is 7.43. The Morgan fingerprint density at radius 2 is 1.70 bits per heavy atom. The first-order valence-corrected chi connectivity index (χ1v) is 11.5. The van der Waals surface area contributed by atoms with Crippen LogP contribution >= 0.6 is 11.3 Å². The predicted octanol–water partition coefficient (Wildman–Crippen LogP) is 5.33. The van der Waals surface area contributed by atoms with Crippen LogP contribution in [0.1, 0.15) is 34.1 Å². The van der Waals surface area contributed by atoms with Crippen molar-refractivity contribution >= 4 is 33.3 Å². The summed E-state index contributed by atoms with van der Waals surface area (Å²) in [6, 6.07) is 12.5. The van der Waals surface area contributed by atoms with E-state index in [9.17, 15) is 4.79 Å². The number of anilines is 1. The second kappa shape index (κ2) is 10.0. The van der Waals surface area contributed by atoms with Gasteiger partial charge in [0.1, 0.15) is 17.0 Å². The molecule has 0 bridgehead atoms. The fourth-order valence-corrected chi connectivity index (χ4v) is 4.58. The lowest BCUT2D eigenvalue weighted by Gasteiger charge is -2.27. The summed E-state index contributed by atoms with van der Waals surface area (Å²) in [5, 5.41) is 1.04. The Morgan fingerprint density at radius 1 is 1.03 bits per heavy atom. The number of fused-ring (bicyclic) bond motifs is 1. The number of hydrogen-bond acceptors (Lipinski definition) is 5. The molecular weight excluding hydrogens is 392 g/mol. The lowest BCUT2D eigenvalue weighted by Crippen LogP contribution is -2.38. The molecule has 3 aromatic rings. The molecule has 0 unspecified atom stereocenters. The fourth-order valence-electron chi connectivity index (χ4n) is 3.58. The number of carbonyl (C=O) groups is 1. The van der Waals surface area contributed by atoms with Crippen molar-refractivity contribution in [1.29, 1.82) is 0 Å². The van der Waals surface area contributed by atoms with Gasteiger partial charge in [-0.05, 0) is 23.5 Å². The number of nitrogens with zero attached hydrogens (tertiary/aromatic N) is 4. The number of amides is 1. The average Bonchev–Trinajstić information content (AvgIpc) is 3.15. The van der Waals surface area contributed by atoms with Gasteiger partial charge in [-0.2, -0.15) is 0 Å². The summed E-state index contributed by atoms with van der Waals surface area (Å²) in [7, 11) is 2.00. The number of rotatable bonds is 9. The summed E-state index contributed by atoms with van der Waals surface area (Å²) in [5.41, 5.74) is 1.18. The highest BCUT2D eigenvalue weighted by Crippen LogP contribution is 2.35. The van der Waals surface area contributed by atoms with Crippen LogP contribution in [0.3, 0.4) is 0 Å². The minimum atomic E-state index is 0.213. The first kappa shape index (κ1) is 22.2. The van der Waals surface area contributed by atoms with Crippen LogP contribution in [-0.4, -0.2) is 47.5 Å². The molecule has 2 aromatic heterocycles. The second-order valence-electron chi connectivity index (χ2n) is 8.65. The third-order valence-corrected chi connectivity index (χ3v) is 6.01. The van der Waals surface area contributed by atoms with Crippen LogP contribution < -0.4 is 4.90 Å². The van der Waals surface area contributed by atoms with Crippen molar-refractivity contribution in [3.8, 4) is 10.4 Å². The molecule has 0 spiro atoms. The maximum atomic E-state index is 12.9. The minimum absolute atomic E-state index is 0.213. The van der Waals surface area contributed by atoms with E-state index in [1.807, 2.05) is 30.1 Å². The molecule has 30 heavy (non-hydrogen) atoms. The second-order valence-corrected chi connectivity index (χ2v) is 9.68. The van der Waals surface area contributed by atoms with Crippen LogP contribution in [0.25, 0.3) is 20.7 Å². The Morgan fingerprint density at radius 3 is 2.33 bits per heavy atom. The number of hydrogen-bond donors (Lipinski definition) is 0. The van der Waals surface area contributed by atoms with Crippen molar-refractivity contribution in [1.82, 2.24) is 14.9 Å². The first-order chi connectivity index (χ1) is 14.3. The molecule has 0 N–H and O–H groups in total. The van der Waals surface area contributed by atoms with Gasteiger partial charge in [0.15, 0.2) is 0 Å². The van der Waals surface area contributed by atoms with E-state index in [1.165, 1.54) is 10.4 Å². The van der Waals surface area contributed by atoms with E-state index in [0.717, 1.165) is 29.1 Å². The monoisotopic (exact) mass is 424 g/mol. The van der Waals surface area contributed by atoms with E-state index in [2.05, 4.69) is 60.8 Å². The molecule has 2 heterocycles. The maximum Gasteiger partial charge on any atom is 0.224 e. The number of aromatic nitrogens is 2. The van der Waals surface area contributed by atoms with Crippen LogP contribution in [0.5, 0.6) is 0 Å². The molecule has 3 rings (SSSR count). The molecule has 160 valence electrons. The zero-order valence-corrected chi connectivity index (χ0v) is 19.4. The third-order valence-electron chi connectivity index (χ3n) is 4.91. The Hall–Kier alpha value is -2.47. The van der Waals surface area contributed by atoms with Gasteiger partial charge in [-0.1, -0.05) is 58.0 Å². The van der Waals surface area contributed by atoms with Crippen LogP contribution in [0, 0.1) is 11.8 Å². The quantitative estimate of drug-likeness (QED) is 0.466. The van der Waals surface area contributed by atoms with Gasteiger partial charge in [-0.15, -0.1) is 11.3 Å². The third kappa shape index (κ3) is 5.57. The van der Waals surface area contributed by atoms with E-state index < -0.39 is 0 Å². The molecule has 0 aliphatic rings. The summed E-state index contributed by atoms with van der Waals surface area (Å²) in [4.78, 5) is 28.1. The van der Waals surface area contributed by atoms with Crippen molar-refractivity contribution in [3.05, 3.63) is 42.7 Å². The lowest BCUT2D eigenvalue weighted by atomic mass is 10.1. The molecule has 6 heteroatoms. The van der Waals surface area contributed by atoms with Crippen LogP contribution in [0.2, 0.25) is 0 Å².